The third-order valence-corrected chi connectivity index (χ3v) is 4.26. The van der Waals surface area contributed by atoms with E-state index in [0.29, 0.717) is 18.4 Å². The summed E-state index contributed by atoms with van der Waals surface area (Å²) >= 11 is 5.84. The number of hydrogen-bond acceptors (Lipinski definition) is 1. The van der Waals surface area contributed by atoms with Gasteiger partial charge in [-0.15, -0.1) is 0 Å². The molecule has 1 aromatic carbocycles. The summed E-state index contributed by atoms with van der Waals surface area (Å²) in [6, 6.07) is 8.10. The molecular weight excluding hydrogens is 258 g/mol. The SMILES string of the molecule is CC1CCCCC1NC(=O)CCc1ccc(Cl)cc1. The Morgan fingerprint density at radius 3 is 2.63 bits per heavy atom. The molecule has 1 amide bonds. The van der Waals surface area contributed by atoms with E-state index in [1.54, 1.807) is 0 Å². The Kier molecular flexibility index (Phi) is 5.26. The van der Waals surface area contributed by atoms with E-state index >= 15 is 0 Å². The minimum Gasteiger partial charge on any atom is -0.353 e. The second-order valence-corrected chi connectivity index (χ2v) is 6.00. The second-order valence-electron chi connectivity index (χ2n) is 5.56. The summed E-state index contributed by atoms with van der Waals surface area (Å²) in [5, 5.41) is 3.93. The molecule has 2 rings (SSSR count). The van der Waals surface area contributed by atoms with Gasteiger partial charge in [0.2, 0.25) is 5.91 Å². The van der Waals surface area contributed by atoms with Gasteiger partial charge in [-0.3, -0.25) is 4.79 Å². The largest absolute Gasteiger partial charge is 0.353 e. The van der Waals surface area contributed by atoms with Gasteiger partial charge < -0.3 is 5.32 Å². The molecule has 0 spiro atoms. The van der Waals surface area contributed by atoms with Crippen molar-refractivity contribution in [2.24, 2.45) is 5.92 Å². The van der Waals surface area contributed by atoms with Gasteiger partial charge in [-0.2, -0.15) is 0 Å². The fourth-order valence-electron chi connectivity index (χ4n) is 2.72. The molecule has 1 N–H and O–H groups in total. The predicted molar refractivity (Wildman–Crippen MR) is 79.3 cm³/mol. The van der Waals surface area contributed by atoms with E-state index in [9.17, 15) is 4.79 Å². The smallest absolute Gasteiger partial charge is 0.220 e. The van der Waals surface area contributed by atoms with Crippen LogP contribution in [0.2, 0.25) is 5.02 Å². The van der Waals surface area contributed by atoms with Crippen LogP contribution in [-0.2, 0) is 11.2 Å². The van der Waals surface area contributed by atoms with Gasteiger partial charge in [0.1, 0.15) is 0 Å². The van der Waals surface area contributed by atoms with E-state index in [-0.39, 0.29) is 5.91 Å². The quantitative estimate of drug-likeness (QED) is 0.888. The van der Waals surface area contributed by atoms with Gasteiger partial charge in [-0.25, -0.2) is 0 Å². The summed E-state index contributed by atoms with van der Waals surface area (Å²) in [4.78, 5) is 12.0. The van der Waals surface area contributed by atoms with Gasteiger partial charge in [-0.05, 0) is 42.9 Å². The van der Waals surface area contributed by atoms with Crippen molar-refractivity contribution in [3.8, 4) is 0 Å². The fraction of sp³-hybridized carbons (Fsp3) is 0.562. The second kappa shape index (κ2) is 6.95. The van der Waals surface area contributed by atoms with Crippen LogP contribution in [0.1, 0.15) is 44.6 Å². The Balaban J connectivity index is 1.76. The van der Waals surface area contributed by atoms with Crippen LogP contribution < -0.4 is 5.32 Å². The van der Waals surface area contributed by atoms with E-state index in [0.717, 1.165) is 23.4 Å². The zero-order valence-corrected chi connectivity index (χ0v) is 12.2. The van der Waals surface area contributed by atoms with Gasteiger partial charge in [0.05, 0.1) is 0 Å². The minimum atomic E-state index is 0.175. The van der Waals surface area contributed by atoms with E-state index < -0.39 is 0 Å². The van der Waals surface area contributed by atoms with Crippen molar-refractivity contribution in [1.82, 2.24) is 5.32 Å². The summed E-state index contributed by atoms with van der Waals surface area (Å²) in [5.74, 6) is 0.793. The van der Waals surface area contributed by atoms with Crippen LogP contribution in [0, 0.1) is 5.92 Å². The monoisotopic (exact) mass is 279 g/mol. The number of halogens is 1. The Hall–Kier alpha value is -1.02. The molecule has 0 radical (unpaired) electrons. The molecule has 104 valence electrons. The lowest BCUT2D eigenvalue weighted by atomic mass is 9.86. The maximum atomic E-state index is 12.0. The molecule has 0 bridgehead atoms. The average molecular weight is 280 g/mol. The normalized spacial score (nSPS) is 23.1. The molecule has 1 aliphatic carbocycles. The number of carbonyl (C=O) groups is 1. The number of hydrogen-bond donors (Lipinski definition) is 1. The number of nitrogens with one attached hydrogen (secondary N) is 1. The van der Waals surface area contributed by atoms with Crippen LogP contribution in [0.15, 0.2) is 24.3 Å². The Morgan fingerprint density at radius 2 is 1.95 bits per heavy atom. The summed E-state index contributed by atoms with van der Waals surface area (Å²) < 4.78 is 0. The summed E-state index contributed by atoms with van der Waals surface area (Å²) in [5.41, 5.74) is 1.16. The molecule has 1 fully saturated rings. The van der Waals surface area contributed by atoms with E-state index in [1.807, 2.05) is 24.3 Å². The Bertz CT molecular complexity index is 415. The number of benzene rings is 1. The van der Waals surface area contributed by atoms with Gasteiger partial charge in [-0.1, -0.05) is 43.5 Å². The maximum absolute atomic E-state index is 12.0. The van der Waals surface area contributed by atoms with E-state index in [4.69, 9.17) is 11.6 Å². The third kappa shape index (κ3) is 4.54. The number of carbonyl (C=O) groups excluding carboxylic acids is 1. The molecule has 2 atom stereocenters. The summed E-state index contributed by atoms with van der Waals surface area (Å²) in [7, 11) is 0. The van der Waals surface area contributed by atoms with Crippen molar-refractivity contribution >= 4 is 17.5 Å². The summed E-state index contributed by atoms with van der Waals surface area (Å²) in [6.45, 7) is 2.24. The van der Waals surface area contributed by atoms with Crippen molar-refractivity contribution in [1.29, 1.82) is 0 Å². The summed E-state index contributed by atoms with van der Waals surface area (Å²) in [6.07, 6.45) is 6.26. The average Bonchev–Trinajstić information content (AvgIpc) is 2.41. The zero-order chi connectivity index (χ0) is 13.7. The van der Waals surface area contributed by atoms with Crippen LogP contribution in [0.25, 0.3) is 0 Å². The lowest BCUT2D eigenvalue weighted by Gasteiger charge is -2.29. The molecule has 0 heterocycles. The molecule has 1 aliphatic rings. The van der Waals surface area contributed by atoms with Gasteiger partial charge in [0.15, 0.2) is 0 Å². The molecule has 2 unspecified atom stereocenters. The molecule has 0 aliphatic heterocycles. The third-order valence-electron chi connectivity index (χ3n) is 4.01. The number of amides is 1. The highest BCUT2D eigenvalue weighted by Crippen LogP contribution is 2.23. The molecular formula is C16H22ClNO. The first kappa shape index (κ1) is 14.4. The first-order valence-corrected chi connectivity index (χ1v) is 7.57. The highest BCUT2D eigenvalue weighted by Gasteiger charge is 2.22. The van der Waals surface area contributed by atoms with E-state index in [2.05, 4.69) is 12.2 Å². The van der Waals surface area contributed by atoms with Crippen molar-refractivity contribution in [3.05, 3.63) is 34.9 Å². The van der Waals surface area contributed by atoms with Crippen molar-refractivity contribution < 1.29 is 4.79 Å². The predicted octanol–water partition coefficient (Wildman–Crippen LogP) is 3.97. The molecule has 19 heavy (non-hydrogen) atoms. The highest BCUT2D eigenvalue weighted by molar-refractivity contribution is 6.30. The topological polar surface area (TPSA) is 29.1 Å². The zero-order valence-electron chi connectivity index (χ0n) is 11.5. The van der Waals surface area contributed by atoms with Gasteiger partial charge in [0.25, 0.3) is 0 Å². The molecule has 2 nitrogen and oxygen atoms in total. The first-order valence-electron chi connectivity index (χ1n) is 7.19. The van der Waals surface area contributed by atoms with Crippen LogP contribution in [0.3, 0.4) is 0 Å². The fourth-order valence-corrected chi connectivity index (χ4v) is 2.84. The van der Waals surface area contributed by atoms with Crippen LogP contribution >= 0.6 is 11.6 Å². The molecule has 3 heteroatoms. The first-order chi connectivity index (χ1) is 9.15. The van der Waals surface area contributed by atoms with Gasteiger partial charge in [0, 0.05) is 17.5 Å². The van der Waals surface area contributed by atoms with Gasteiger partial charge >= 0.3 is 0 Å². The maximum Gasteiger partial charge on any atom is 0.220 e. The van der Waals surface area contributed by atoms with E-state index in [1.165, 1.54) is 19.3 Å². The molecule has 1 aromatic rings. The van der Waals surface area contributed by atoms with Crippen LogP contribution in [0.4, 0.5) is 0 Å². The van der Waals surface area contributed by atoms with Crippen molar-refractivity contribution in [3.63, 3.8) is 0 Å². The molecule has 0 saturated heterocycles. The number of rotatable bonds is 4. The van der Waals surface area contributed by atoms with Crippen LogP contribution in [-0.4, -0.2) is 11.9 Å². The van der Waals surface area contributed by atoms with Crippen molar-refractivity contribution in [2.45, 2.75) is 51.5 Å². The standard InChI is InChI=1S/C16H22ClNO/c1-12-4-2-3-5-15(12)18-16(19)11-8-13-6-9-14(17)10-7-13/h6-7,9-10,12,15H,2-5,8,11H2,1H3,(H,18,19). The lowest BCUT2D eigenvalue weighted by Crippen LogP contribution is -2.41. The number of aryl methyl sites for hydroxylation is 1. The minimum absolute atomic E-state index is 0.175. The Morgan fingerprint density at radius 1 is 1.26 bits per heavy atom. The van der Waals surface area contributed by atoms with Crippen molar-refractivity contribution in [2.75, 3.05) is 0 Å². The lowest BCUT2D eigenvalue weighted by molar-refractivity contribution is -0.122. The molecule has 1 saturated carbocycles. The highest BCUT2D eigenvalue weighted by atomic mass is 35.5. The molecule has 0 aromatic heterocycles. The van der Waals surface area contributed by atoms with Crippen LogP contribution in [0.5, 0.6) is 0 Å². The Labute approximate surface area is 120 Å².